The van der Waals surface area contributed by atoms with Crippen molar-refractivity contribution in [3.63, 3.8) is 0 Å². The highest BCUT2D eigenvalue weighted by molar-refractivity contribution is 9.10. The summed E-state index contributed by atoms with van der Waals surface area (Å²) in [4.78, 5) is 1.28. The maximum absolute atomic E-state index is 5.31. The second kappa shape index (κ2) is 8.41. The maximum atomic E-state index is 5.31. The van der Waals surface area contributed by atoms with Crippen LogP contribution < -0.4 is 10.6 Å². The molecule has 0 aromatic heterocycles. The molecule has 0 saturated heterocycles. The minimum Gasteiger partial charge on any atom is -0.362 e. The highest BCUT2D eigenvalue weighted by atomic mass is 79.9. The van der Waals surface area contributed by atoms with Crippen molar-refractivity contribution in [2.24, 2.45) is 0 Å². The molecule has 0 radical (unpaired) electrons. The zero-order chi connectivity index (χ0) is 15.1. The number of rotatable bonds is 5. The number of anilines is 1. The second-order valence-electron chi connectivity index (χ2n) is 4.53. The SMILES string of the molecule is Cc1ccc(NC(=S)NCCSc2ccccc2)c(Br)c1. The van der Waals surface area contributed by atoms with Gasteiger partial charge in [0, 0.05) is 21.7 Å². The van der Waals surface area contributed by atoms with Gasteiger partial charge in [0.1, 0.15) is 0 Å². The Hall–Kier alpha value is -1.04. The summed E-state index contributed by atoms with van der Waals surface area (Å²) in [5.41, 5.74) is 2.19. The van der Waals surface area contributed by atoms with Gasteiger partial charge in [0.15, 0.2) is 5.11 Å². The molecule has 0 heterocycles. The molecule has 5 heteroatoms. The predicted octanol–water partition coefficient (Wildman–Crippen LogP) is 4.84. The van der Waals surface area contributed by atoms with Gasteiger partial charge in [-0.1, -0.05) is 24.3 Å². The molecule has 21 heavy (non-hydrogen) atoms. The van der Waals surface area contributed by atoms with Gasteiger partial charge in [-0.15, -0.1) is 11.8 Å². The maximum Gasteiger partial charge on any atom is 0.170 e. The van der Waals surface area contributed by atoms with Crippen LogP contribution in [0.1, 0.15) is 5.56 Å². The van der Waals surface area contributed by atoms with Crippen molar-refractivity contribution < 1.29 is 0 Å². The summed E-state index contributed by atoms with van der Waals surface area (Å²) in [7, 11) is 0. The fourth-order valence-electron chi connectivity index (χ4n) is 1.74. The molecule has 0 aliphatic rings. The van der Waals surface area contributed by atoms with Crippen molar-refractivity contribution >= 4 is 50.7 Å². The third-order valence-electron chi connectivity index (χ3n) is 2.77. The lowest BCUT2D eigenvalue weighted by atomic mass is 10.2. The monoisotopic (exact) mass is 380 g/mol. The third-order valence-corrected chi connectivity index (χ3v) is 4.69. The first-order chi connectivity index (χ1) is 10.1. The predicted molar refractivity (Wildman–Crippen MR) is 100 cm³/mol. The lowest BCUT2D eigenvalue weighted by Gasteiger charge is -2.12. The van der Waals surface area contributed by atoms with Crippen molar-refractivity contribution in [3.8, 4) is 0 Å². The van der Waals surface area contributed by atoms with E-state index in [1.807, 2.05) is 23.9 Å². The Balaban J connectivity index is 1.72. The van der Waals surface area contributed by atoms with Crippen molar-refractivity contribution in [2.45, 2.75) is 11.8 Å². The van der Waals surface area contributed by atoms with Crippen LogP contribution in [0.15, 0.2) is 57.9 Å². The molecule has 0 atom stereocenters. The van der Waals surface area contributed by atoms with Crippen molar-refractivity contribution in [3.05, 3.63) is 58.6 Å². The normalized spacial score (nSPS) is 10.2. The summed E-state index contributed by atoms with van der Waals surface area (Å²) < 4.78 is 1.02. The van der Waals surface area contributed by atoms with Crippen molar-refractivity contribution in [1.82, 2.24) is 5.32 Å². The van der Waals surface area contributed by atoms with Crippen LogP contribution >= 0.6 is 39.9 Å². The van der Waals surface area contributed by atoms with E-state index in [1.54, 1.807) is 0 Å². The zero-order valence-corrected chi connectivity index (χ0v) is 14.9. The Bertz CT molecular complexity index is 602. The third kappa shape index (κ3) is 5.69. The van der Waals surface area contributed by atoms with E-state index >= 15 is 0 Å². The number of aryl methyl sites for hydroxylation is 1. The molecule has 2 N–H and O–H groups in total. The van der Waals surface area contributed by atoms with Gasteiger partial charge in [-0.2, -0.15) is 0 Å². The summed E-state index contributed by atoms with van der Waals surface area (Å²) in [6.45, 7) is 2.89. The average Bonchev–Trinajstić information content (AvgIpc) is 2.48. The van der Waals surface area contributed by atoms with Crippen LogP contribution in [-0.2, 0) is 0 Å². The molecular formula is C16H17BrN2S2. The fraction of sp³-hybridized carbons (Fsp3) is 0.188. The highest BCUT2D eigenvalue weighted by Crippen LogP contribution is 2.23. The average molecular weight is 381 g/mol. The van der Waals surface area contributed by atoms with E-state index in [4.69, 9.17) is 12.2 Å². The van der Waals surface area contributed by atoms with Gasteiger partial charge in [0.2, 0.25) is 0 Å². The topological polar surface area (TPSA) is 24.1 Å². The first-order valence-corrected chi connectivity index (χ1v) is 8.83. The molecular weight excluding hydrogens is 364 g/mol. The van der Waals surface area contributed by atoms with E-state index in [1.165, 1.54) is 10.5 Å². The fourth-order valence-corrected chi connectivity index (χ4v) is 3.33. The van der Waals surface area contributed by atoms with Gasteiger partial charge in [-0.3, -0.25) is 0 Å². The zero-order valence-electron chi connectivity index (χ0n) is 11.7. The largest absolute Gasteiger partial charge is 0.362 e. The smallest absolute Gasteiger partial charge is 0.170 e. The molecule has 0 amide bonds. The van der Waals surface area contributed by atoms with Crippen molar-refractivity contribution in [2.75, 3.05) is 17.6 Å². The van der Waals surface area contributed by atoms with Gasteiger partial charge in [-0.05, 0) is 64.9 Å². The van der Waals surface area contributed by atoms with Crippen LogP contribution in [0.2, 0.25) is 0 Å². The van der Waals surface area contributed by atoms with Crippen LogP contribution in [-0.4, -0.2) is 17.4 Å². The van der Waals surface area contributed by atoms with Gasteiger partial charge >= 0.3 is 0 Å². The molecule has 2 aromatic carbocycles. The van der Waals surface area contributed by atoms with Gasteiger partial charge in [-0.25, -0.2) is 0 Å². The van der Waals surface area contributed by atoms with Crippen LogP contribution in [0, 0.1) is 6.92 Å². The molecule has 0 aliphatic heterocycles. The lowest BCUT2D eigenvalue weighted by molar-refractivity contribution is 0.990. The molecule has 2 aromatic rings. The van der Waals surface area contributed by atoms with Gasteiger partial charge in [0.25, 0.3) is 0 Å². The number of hydrogen-bond donors (Lipinski definition) is 2. The molecule has 0 bridgehead atoms. The number of halogens is 1. The molecule has 0 saturated carbocycles. The molecule has 0 unspecified atom stereocenters. The molecule has 2 nitrogen and oxygen atoms in total. The van der Waals surface area contributed by atoms with Crippen molar-refractivity contribution in [1.29, 1.82) is 0 Å². The minimum absolute atomic E-state index is 0.646. The Morgan fingerprint density at radius 1 is 1.19 bits per heavy atom. The van der Waals surface area contributed by atoms with E-state index in [0.717, 1.165) is 22.5 Å². The number of thiocarbonyl (C=S) groups is 1. The first kappa shape index (κ1) is 16.3. The summed E-state index contributed by atoms with van der Waals surface area (Å²) in [5.74, 6) is 0.973. The number of benzene rings is 2. The Kier molecular flexibility index (Phi) is 6.54. The number of nitrogens with one attached hydrogen (secondary N) is 2. The quantitative estimate of drug-likeness (QED) is 0.440. The van der Waals surface area contributed by atoms with Crippen LogP contribution in [0.5, 0.6) is 0 Å². The van der Waals surface area contributed by atoms with Gasteiger partial charge in [0.05, 0.1) is 5.69 Å². The highest BCUT2D eigenvalue weighted by Gasteiger charge is 2.02. The molecule has 0 spiro atoms. The Labute approximate surface area is 143 Å². The summed E-state index contributed by atoms with van der Waals surface area (Å²) in [6.07, 6.45) is 0. The second-order valence-corrected chi connectivity index (χ2v) is 6.96. The van der Waals surface area contributed by atoms with E-state index in [-0.39, 0.29) is 0 Å². The van der Waals surface area contributed by atoms with Gasteiger partial charge < -0.3 is 10.6 Å². The van der Waals surface area contributed by atoms with E-state index < -0.39 is 0 Å². The number of hydrogen-bond acceptors (Lipinski definition) is 2. The Morgan fingerprint density at radius 3 is 2.67 bits per heavy atom. The van der Waals surface area contributed by atoms with E-state index in [2.05, 4.69) is 69.9 Å². The molecule has 0 fully saturated rings. The minimum atomic E-state index is 0.646. The van der Waals surface area contributed by atoms with E-state index in [9.17, 15) is 0 Å². The van der Waals surface area contributed by atoms with Crippen LogP contribution in [0.3, 0.4) is 0 Å². The van der Waals surface area contributed by atoms with Crippen LogP contribution in [0.25, 0.3) is 0 Å². The summed E-state index contributed by atoms with van der Waals surface area (Å²) in [5, 5.41) is 7.07. The Morgan fingerprint density at radius 2 is 1.95 bits per heavy atom. The molecule has 110 valence electrons. The molecule has 0 aliphatic carbocycles. The van der Waals surface area contributed by atoms with E-state index in [0.29, 0.717) is 5.11 Å². The van der Waals surface area contributed by atoms with Crippen LogP contribution in [0.4, 0.5) is 5.69 Å². The summed E-state index contributed by atoms with van der Waals surface area (Å²) >= 11 is 10.7. The standard InChI is InChI=1S/C16H17BrN2S2/c1-12-7-8-15(14(17)11-12)19-16(20)18-9-10-21-13-5-3-2-4-6-13/h2-8,11H,9-10H2,1H3,(H2,18,19,20). The number of thioether (sulfide) groups is 1. The first-order valence-electron chi connectivity index (χ1n) is 6.64. The lowest BCUT2D eigenvalue weighted by Crippen LogP contribution is -2.30. The molecule has 2 rings (SSSR count). The summed E-state index contributed by atoms with van der Waals surface area (Å²) in [6, 6.07) is 16.5.